The van der Waals surface area contributed by atoms with E-state index in [1.54, 1.807) is 6.33 Å². The Balaban J connectivity index is 2.45. The Hall–Kier alpha value is -1.61. The molecule has 2 aromatic rings. The van der Waals surface area contributed by atoms with E-state index in [1.807, 2.05) is 17.7 Å². The van der Waals surface area contributed by atoms with Crippen molar-refractivity contribution in [3.63, 3.8) is 0 Å². The maximum Gasteiger partial charge on any atom is 0.0994 e. The van der Waals surface area contributed by atoms with Crippen LogP contribution in [0.25, 0.3) is 5.69 Å². The Kier molecular flexibility index (Phi) is 2.56. The molecule has 0 aliphatic heterocycles. The van der Waals surface area contributed by atoms with Crippen LogP contribution >= 0.6 is 0 Å². The van der Waals surface area contributed by atoms with E-state index in [0.717, 1.165) is 11.4 Å². The molecule has 0 radical (unpaired) electrons. The third-order valence-electron chi connectivity index (χ3n) is 2.45. The predicted octanol–water partition coefficient (Wildman–Crippen LogP) is 2.20. The monoisotopic (exact) mass is 201 g/mol. The van der Waals surface area contributed by atoms with Gasteiger partial charge >= 0.3 is 0 Å². The van der Waals surface area contributed by atoms with E-state index in [9.17, 15) is 0 Å². The Morgan fingerprint density at radius 1 is 1.27 bits per heavy atom. The molecule has 1 atom stereocenters. The first kappa shape index (κ1) is 9.93. The lowest BCUT2D eigenvalue weighted by Gasteiger charge is -2.10. The molecule has 0 aliphatic carbocycles. The van der Waals surface area contributed by atoms with Gasteiger partial charge in [-0.15, -0.1) is 0 Å². The van der Waals surface area contributed by atoms with Crippen molar-refractivity contribution in [3.05, 3.63) is 48.0 Å². The molecule has 0 spiro atoms. The fraction of sp³-hybridized carbons (Fsp3) is 0.250. The summed E-state index contributed by atoms with van der Waals surface area (Å²) in [6, 6.07) is 8.31. The molecule has 78 valence electrons. The summed E-state index contributed by atoms with van der Waals surface area (Å²) in [5, 5.41) is 0. The second kappa shape index (κ2) is 3.87. The van der Waals surface area contributed by atoms with Gasteiger partial charge < -0.3 is 10.3 Å². The quantitative estimate of drug-likeness (QED) is 0.809. The summed E-state index contributed by atoms with van der Waals surface area (Å²) in [6.07, 6.45) is 3.61. The molecule has 0 amide bonds. The highest BCUT2D eigenvalue weighted by molar-refractivity contribution is 5.36. The topological polar surface area (TPSA) is 43.8 Å². The van der Waals surface area contributed by atoms with Crippen LogP contribution < -0.4 is 5.73 Å². The number of rotatable bonds is 2. The SMILES string of the molecule is Cc1ccc(-n2cncc2[C@H](C)N)cc1. The molecular formula is C12H15N3. The highest BCUT2D eigenvalue weighted by Crippen LogP contribution is 2.16. The van der Waals surface area contributed by atoms with Crippen molar-refractivity contribution >= 4 is 0 Å². The first-order valence-corrected chi connectivity index (χ1v) is 5.03. The smallest absolute Gasteiger partial charge is 0.0994 e. The van der Waals surface area contributed by atoms with E-state index in [4.69, 9.17) is 5.73 Å². The fourth-order valence-corrected chi connectivity index (χ4v) is 1.56. The molecule has 2 rings (SSSR count). The third kappa shape index (κ3) is 1.92. The van der Waals surface area contributed by atoms with Gasteiger partial charge in [0.1, 0.15) is 0 Å². The number of benzene rings is 1. The standard InChI is InChI=1S/C12H15N3/c1-9-3-5-11(6-4-9)15-8-14-7-12(15)10(2)13/h3-8,10H,13H2,1-2H3/t10-/m0/s1. The second-order valence-corrected chi connectivity index (χ2v) is 3.81. The lowest BCUT2D eigenvalue weighted by atomic mass is 10.2. The summed E-state index contributed by atoms with van der Waals surface area (Å²) in [4.78, 5) is 4.13. The van der Waals surface area contributed by atoms with Gasteiger partial charge in [-0.3, -0.25) is 0 Å². The molecule has 1 aromatic carbocycles. The third-order valence-corrected chi connectivity index (χ3v) is 2.45. The van der Waals surface area contributed by atoms with E-state index in [1.165, 1.54) is 5.56 Å². The maximum atomic E-state index is 5.87. The maximum absolute atomic E-state index is 5.87. The second-order valence-electron chi connectivity index (χ2n) is 3.81. The molecule has 0 fully saturated rings. The lowest BCUT2D eigenvalue weighted by molar-refractivity contribution is 0.752. The van der Waals surface area contributed by atoms with E-state index >= 15 is 0 Å². The van der Waals surface area contributed by atoms with Gasteiger partial charge in [0.2, 0.25) is 0 Å². The Labute approximate surface area is 89.6 Å². The number of nitrogens with zero attached hydrogens (tertiary/aromatic N) is 2. The number of hydrogen-bond acceptors (Lipinski definition) is 2. The highest BCUT2D eigenvalue weighted by atomic mass is 15.1. The van der Waals surface area contributed by atoms with Gasteiger partial charge in [-0.1, -0.05) is 17.7 Å². The van der Waals surface area contributed by atoms with Crippen molar-refractivity contribution in [2.45, 2.75) is 19.9 Å². The van der Waals surface area contributed by atoms with Crippen LogP contribution in [-0.2, 0) is 0 Å². The molecular weight excluding hydrogens is 186 g/mol. The minimum Gasteiger partial charge on any atom is -0.323 e. The molecule has 1 aromatic heterocycles. The van der Waals surface area contributed by atoms with Gasteiger partial charge in [-0.25, -0.2) is 4.98 Å². The van der Waals surface area contributed by atoms with Gasteiger partial charge in [0, 0.05) is 11.7 Å². The van der Waals surface area contributed by atoms with Crippen molar-refractivity contribution in [2.75, 3.05) is 0 Å². The average Bonchev–Trinajstić information content (AvgIpc) is 2.67. The molecule has 1 heterocycles. The molecule has 3 nitrogen and oxygen atoms in total. The lowest BCUT2D eigenvalue weighted by Crippen LogP contribution is -2.10. The van der Waals surface area contributed by atoms with E-state index in [2.05, 4.69) is 36.2 Å². The summed E-state index contributed by atoms with van der Waals surface area (Å²) in [7, 11) is 0. The van der Waals surface area contributed by atoms with Crippen LogP contribution in [0.1, 0.15) is 24.2 Å². The molecule has 2 N–H and O–H groups in total. The van der Waals surface area contributed by atoms with Crippen LogP contribution in [0.15, 0.2) is 36.8 Å². The minimum atomic E-state index is -0.00574. The average molecular weight is 201 g/mol. The van der Waals surface area contributed by atoms with Crippen molar-refractivity contribution in [2.24, 2.45) is 5.73 Å². The van der Waals surface area contributed by atoms with Crippen LogP contribution in [0.5, 0.6) is 0 Å². The largest absolute Gasteiger partial charge is 0.323 e. The zero-order valence-electron chi connectivity index (χ0n) is 9.01. The number of hydrogen-bond donors (Lipinski definition) is 1. The summed E-state index contributed by atoms with van der Waals surface area (Å²) in [6.45, 7) is 4.03. The van der Waals surface area contributed by atoms with Gasteiger partial charge in [-0.2, -0.15) is 0 Å². The van der Waals surface area contributed by atoms with Gasteiger partial charge in [0.15, 0.2) is 0 Å². The number of aromatic nitrogens is 2. The molecule has 0 aliphatic rings. The van der Waals surface area contributed by atoms with Gasteiger partial charge in [-0.05, 0) is 26.0 Å². The van der Waals surface area contributed by atoms with Crippen molar-refractivity contribution in [3.8, 4) is 5.69 Å². The number of nitrogens with two attached hydrogens (primary N) is 1. The summed E-state index contributed by atoms with van der Waals surface area (Å²) < 4.78 is 2.02. The number of aryl methyl sites for hydroxylation is 1. The summed E-state index contributed by atoms with van der Waals surface area (Å²) in [5.41, 5.74) is 9.25. The molecule has 3 heteroatoms. The van der Waals surface area contributed by atoms with Crippen molar-refractivity contribution < 1.29 is 0 Å². The van der Waals surface area contributed by atoms with Crippen LogP contribution in [0, 0.1) is 6.92 Å². The highest BCUT2D eigenvalue weighted by Gasteiger charge is 2.07. The minimum absolute atomic E-state index is 0.00574. The van der Waals surface area contributed by atoms with E-state index in [0.29, 0.717) is 0 Å². The van der Waals surface area contributed by atoms with Crippen LogP contribution in [0.2, 0.25) is 0 Å². The van der Waals surface area contributed by atoms with Crippen molar-refractivity contribution in [1.82, 2.24) is 9.55 Å². The first-order valence-electron chi connectivity index (χ1n) is 5.03. The molecule has 0 saturated carbocycles. The fourth-order valence-electron chi connectivity index (χ4n) is 1.56. The van der Waals surface area contributed by atoms with Crippen LogP contribution in [0.3, 0.4) is 0 Å². The molecule has 0 saturated heterocycles. The molecule has 15 heavy (non-hydrogen) atoms. The Morgan fingerprint density at radius 3 is 2.53 bits per heavy atom. The van der Waals surface area contributed by atoms with E-state index < -0.39 is 0 Å². The summed E-state index contributed by atoms with van der Waals surface area (Å²) in [5.74, 6) is 0. The Bertz CT molecular complexity index is 440. The van der Waals surface area contributed by atoms with Gasteiger partial charge in [0.25, 0.3) is 0 Å². The zero-order valence-corrected chi connectivity index (χ0v) is 9.01. The molecule has 0 bridgehead atoms. The Morgan fingerprint density at radius 2 is 1.93 bits per heavy atom. The van der Waals surface area contributed by atoms with Crippen molar-refractivity contribution in [1.29, 1.82) is 0 Å². The van der Waals surface area contributed by atoms with Crippen LogP contribution in [0.4, 0.5) is 0 Å². The van der Waals surface area contributed by atoms with Crippen LogP contribution in [-0.4, -0.2) is 9.55 Å². The zero-order chi connectivity index (χ0) is 10.8. The summed E-state index contributed by atoms with van der Waals surface area (Å²) >= 11 is 0. The normalized spacial score (nSPS) is 12.7. The van der Waals surface area contributed by atoms with E-state index in [-0.39, 0.29) is 6.04 Å². The predicted molar refractivity (Wildman–Crippen MR) is 60.9 cm³/mol. The first-order chi connectivity index (χ1) is 7.18. The van der Waals surface area contributed by atoms with Gasteiger partial charge in [0.05, 0.1) is 18.2 Å². The number of imidazole rings is 1. The molecule has 0 unspecified atom stereocenters.